The molecule has 0 fully saturated rings. The quantitative estimate of drug-likeness (QED) is 0.618. The molecule has 6 nitrogen and oxygen atoms in total. The minimum Gasteiger partial charge on any atom is -0.339 e. The minimum atomic E-state index is -0.338. The maximum absolute atomic E-state index is 13.7. The number of aromatic nitrogens is 3. The van der Waals surface area contributed by atoms with Crippen molar-refractivity contribution in [2.24, 2.45) is 0 Å². The normalized spacial score (nSPS) is 11.8. The van der Waals surface area contributed by atoms with Crippen molar-refractivity contribution in [3.63, 3.8) is 0 Å². The van der Waals surface area contributed by atoms with Gasteiger partial charge in [0.15, 0.2) is 0 Å². The van der Waals surface area contributed by atoms with Gasteiger partial charge in [0.25, 0.3) is 0 Å². The van der Waals surface area contributed by atoms with Gasteiger partial charge in [0, 0.05) is 17.8 Å². The lowest BCUT2D eigenvalue weighted by Crippen LogP contribution is -2.40. The highest BCUT2D eigenvalue weighted by Crippen LogP contribution is 2.29. The number of urea groups is 1. The third-order valence-corrected chi connectivity index (χ3v) is 4.18. The fourth-order valence-corrected chi connectivity index (χ4v) is 2.59. The first-order chi connectivity index (χ1) is 13.1. The molecule has 3 N–H and O–H groups in total. The van der Waals surface area contributed by atoms with E-state index in [0.29, 0.717) is 28.5 Å². The van der Waals surface area contributed by atoms with Crippen LogP contribution in [0, 0.1) is 5.82 Å². The second-order valence-electron chi connectivity index (χ2n) is 6.27. The zero-order valence-corrected chi connectivity index (χ0v) is 15.3. The largest absolute Gasteiger partial charge is 0.339 e. The van der Waals surface area contributed by atoms with Crippen molar-refractivity contribution in [2.45, 2.75) is 32.9 Å². The molecule has 1 aromatic carbocycles. The molecule has 2 aromatic heterocycles. The van der Waals surface area contributed by atoms with Gasteiger partial charge in [-0.1, -0.05) is 25.1 Å². The van der Waals surface area contributed by atoms with Crippen LogP contribution in [0.15, 0.2) is 48.7 Å². The highest BCUT2D eigenvalue weighted by molar-refractivity contribution is 5.77. The topological polar surface area (TPSA) is 82.7 Å². The summed E-state index contributed by atoms with van der Waals surface area (Å²) in [6.07, 6.45) is 2.53. The molecule has 1 unspecified atom stereocenters. The molecule has 0 bridgehead atoms. The Balaban J connectivity index is 1.87. The maximum Gasteiger partial charge on any atom is 0.315 e. The number of rotatable bonds is 6. The molecule has 0 radical (unpaired) electrons. The Kier molecular flexibility index (Phi) is 5.80. The number of nitrogens with zero attached hydrogens (tertiary/aromatic N) is 2. The second kappa shape index (κ2) is 8.44. The zero-order chi connectivity index (χ0) is 19.2. The van der Waals surface area contributed by atoms with Crippen molar-refractivity contribution in [1.29, 1.82) is 0 Å². The Hall–Kier alpha value is -3.22. The SMILES string of the molecule is CCC(C)NC(=O)NCc1nc(-c2cccc(F)c2)c(-c2ccccn2)[nH]1. The molecular formula is C20H22FN5O. The van der Waals surface area contributed by atoms with Crippen molar-refractivity contribution < 1.29 is 9.18 Å². The van der Waals surface area contributed by atoms with Crippen LogP contribution in [0.25, 0.3) is 22.6 Å². The van der Waals surface area contributed by atoms with Gasteiger partial charge in [-0.15, -0.1) is 0 Å². The number of carbonyl (C=O) groups is 1. The summed E-state index contributed by atoms with van der Waals surface area (Å²) in [6, 6.07) is 11.6. The first kappa shape index (κ1) is 18.6. The highest BCUT2D eigenvalue weighted by Gasteiger charge is 2.16. The number of halogens is 1. The lowest BCUT2D eigenvalue weighted by molar-refractivity contribution is 0.237. The molecule has 0 spiro atoms. The van der Waals surface area contributed by atoms with E-state index in [1.807, 2.05) is 32.0 Å². The van der Waals surface area contributed by atoms with E-state index in [9.17, 15) is 9.18 Å². The average Bonchev–Trinajstić information content (AvgIpc) is 3.11. The number of nitrogens with one attached hydrogen (secondary N) is 3. The predicted molar refractivity (Wildman–Crippen MR) is 102 cm³/mol. The van der Waals surface area contributed by atoms with Gasteiger partial charge in [0.05, 0.1) is 23.6 Å². The number of amides is 2. The van der Waals surface area contributed by atoms with E-state index in [2.05, 4.69) is 25.6 Å². The van der Waals surface area contributed by atoms with Gasteiger partial charge in [-0.25, -0.2) is 14.2 Å². The molecule has 0 aliphatic heterocycles. The standard InChI is InChI=1S/C20H22FN5O/c1-3-13(2)24-20(27)23-12-17-25-18(14-7-6-8-15(21)11-14)19(26-17)16-9-4-5-10-22-16/h4-11,13H,3,12H2,1-2H3,(H,25,26)(H2,23,24,27). The molecule has 27 heavy (non-hydrogen) atoms. The van der Waals surface area contributed by atoms with Crippen LogP contribution < -0.4 is 10.6 Å². The molecule has 7 heteroatoms. The summed E-state index contributed by atoms with van der Waals surface area (Å²) in [4.78, 5) is 24.1. The highest BCUT2D eigenvalue weighted by atomic mass is 19.1. The molecule has 0 saturated heterocycles. The second-order valence-corrected chi connectivity index (χ2v) is 6.27. The van der Waals surface area contributed by atoms with Gasteiger partial charge in [0.1, 0.15) is 11.6 Å². The lowest BCUT2D eigenvalue weighted by Gasteiger charge is -2.11. The van der Waals surface area contributed by atoms with Gasteiger partial charge < -0.3 is 15.6 Å². The van der Waals surface area contributed by atoms with Crippen molar-refractivity contribution in [1.82, 2.24) is 25.6 Å². The molecule has 0 aliphatic carbocycles. The number of aromatic amines is 1. The summed E-state index contributed by atoms with van der Waals surface area (Å²) in [5.41, 5.74) is 2.61. The number of benzene rings is 1. The Morgan fingerprint density at radius 3 is 2.81 bits per heavy atom. The third-order valence-electron chi connectivity index (χ3n) is 4.18. The molecule has 3 rings (SSSR count). The Bertz CT molecular complexity index is 910. The number of hydrogen-bond donors (Lipinski definition) is 3. The molecule has 1 atom stereocenters. The van der Waals surface area contributed by atoms with Crippen LogP contribution in [-0.2, 0) is 6.54 Å². The minimum absolute atomic E-state index is 0.0912. The molecule has 0 aliphatic rings. The van der Waals surface area contributed by atoms with Crippen molar-refractivity contribution in [2.75, 3.05) is 0 Å². The molecule has 0 saturated carbocycles. The van der Waals surface area contributed by atoms with E-state index >= 15 is 0 Å². The van der Waals surface area contributed by atoms with E-state index in [0.717, 1.165) is 6.42 Å². The predicted octanol–water partition coefficient (Wildman–Crippen LogP) is 3.88. The Morgan fingerprint density at radius 2 is 2.11 bits per heavy atom. The number of imidazole rings is 1. The van der Waals surface area contributed by atoms with Gasteiger partial charge in [-0.05, 0) is 37.6 Å². The van der Waals surface area contributed by atoms with E-state index in [1.54, 1.807) is 18.3 Å². The van der Waals surface area contributed by atoms with Gasteiger partial charge in [-0.2, -0.15) is 0 Å². The summed E-state index contributed by atoms with van der Waals surface area (Å²) in [7, 11) is 0. The molecular weight excluding hydrogens is 345 g/mol. The summed E-state index contributed by atoms with van der Waals surface area (Å²) >= 11 is 0. The lowest BCUT2D eigenvalue weighted by atomic mass is 10.1. The average molecular weight is 367 g/mol. The van der Waals surface area contributed by atoms with Crippen molar-refractivity contribution in [3.8, 4) is 22.6 Å². The molecule has 3 aromatic rings. The van der Waals surface area contributed by atoms with Crippen LogP contribution in [0.4, 0.5) is 9.18 Å². The van der Waals surface area contributed by atoms with Crippen LogP contribution in [0.1, 0.15) is 26.1 Å². The van der Waals surface area contributed by atoms with Gasteiger partial charge >= 0.3 is 6.03 Å². The molecule has 2 heterocycles. The number of carbonyl (C=O) groups excluding carboxylic acids is 1. The van der Waals surface area contributed by atoms with Crippen molar-refractivity contribution >= 4 is 6.03 Å². The summed E-state index contributed by atoms with van der Waals surface area (Å²) < 4.78 is 13.7. The fraction of sp³-hybridized carbons (Fsp3) is 0.250. The Labute approximate surface area is 157 Å². The van der Waals surface area contributed by atoms with Crippen LogP contribution in [0.2, 0.25) is 0 Å². The van der Waals surface area contributed by atoms with E-state index < -0.39 is 0 Å². The van der Waals surface area contributed by atoms with Gasteiger partial charge in [0.2, 0.25) is 0 Å². The molecule has 140 valence electrons. The Morgan fingerprint density at radius 1 is 1.26 bits per heavy atom. The summed E-state index contributed by atoms with van der Waals surface area (Å²) in [5.74, 6) is 0.226. The van der Waals surface area contributed by atoms with Crippen LogP contribution in [0.3, 0.4) is 0 Å². The third kappa shape index (κ3) is 4.69. The van der Waals surface area contributed by atoms with E-state index in [1.165, 1.54) is 12.1 Å². The van der Waals surface area contributed by atoms with Crippen molar-refractivity contribution in [3.05, 3.63) is 60.3 Å². The summed E-state index contributed by atoms with van der Waals surface area (Å²) in [6.45, 7) is 4.16. The van der Waals surface area contributed by atoms with Crippen LogP contribution >= 0.6 is 0 Å². The zero-order valence-electron chi connectivity index (χ0n) is 15.3. The van der Waals surface area contributed by atoms with Gasteiger partial charge in [-0.3, -0.25) is 4.98 Å². The smallest absolute Gasteiger partial charge is 0.315 e. The monoisotopic (exact) mass is 367 g/mol. The molecule has 2 amide bonds. The summed E-state index contributed by atoms with van der Waals surface area (Å²) in [5, 5.41) is 5.62. The number of H-pyrrole nitrogens is 1. The van der Waals surface area contributed by atoms with E-state index in [4.69, 9.17) is 0 Å². The first-order valence-electron chi connectivity index (χ1n) is 8.87. The fourth-order valence-electron chi connectivity index (χ4n) is 2.59. The first-order valence-corrected chi connectivity index (χ1v) is 8.87. The van der Waals surface area contributed by atoms with Crippen LogP contribution in [-0.4, -0.2) is 27.0 Å². The van der Waals surface area contributed by atoms with E-state index in [-0.39, 0.29) is 24.4 Å². The number of pyridine rings is 1. The maximum atomic E-state index is 13.7. The number of hydrogen-bond acceptors (Lipinski definition) is 3. The van der Waals surface area contributed by atoms with Crippen LogP contribution in [0.5, 0.6) is 0 Å².